The Morgan fingerprint density at radius 1 is 1.13 bits per heavy atom. The Morgan fingerprint density at radius 2 is 1.87 bits per heavy atom. The molecular formula is C22H21F4N3O. The van der Waals surface area contributed by atoms with Crippen LogP contribution in [-0.2, 0) is 12.1 Å². The first kappa shape index (κ1) is 21.7. The lowest BCUT2D eigenvalue weighted by Crippen LogP contribution is -2.39. The van der Waals surface area contributed by atoms with Crippen molar-refractivity contribution >= 4 is 6.08 Å². The van der Waals surface area contributed by atoms with Crippen LogP contribution >= 0.6 is 0 Å². The van der Waals surface area contributed by atoms with Gasteiger partial charge in [-0.25, -0.2) is 27.2 Å². The minimum absolute atomic E-state index is 0.0402. The summed E-state index contributed by atoms with van der Waals surface area (Å²) in [5.74, 6) is -2.08. The van der Waals surface area contributed by atoms with E-state index in [1.54, 1.807) is 31.2 Å². The maximum Gasteiger partial charge on any atom is 0.263 e. The van der Waals surface area contributed by atoms with E-state index < -0.39 is 29.6 Å². The van der Waals surface area contributed by atoms with Crippen molar-refractivity contribution < 1.29 is 22.7 Å². The SMILES string of the molecule is C[C@@H](C/C=C/c1ccc(C(F)F)cc1)[C@](O)(Cn1cncn1)c1ccc(F)cc1F. The number of benzene rings is 2. The van der Waals surface area contributed by atoms with Gasteiger partial charge in [-0.2, -0.15) is 5.10 Å². The molecule has 1 N–H and O–H groups in total. The molecule has 0 aliphatic carbocycles. The maximum atomic E-state index is 14.5. The predicted molar refractivity (Wildman–Crippen MR) is 104 cm³/mol. The summed E-state index contributed by atoms with van der Waals surface area (Å²) >= 11 is 0. The van der Waals surface area contributed by atoms with Crippen LogP contribution in [0.1, 0.15) is 36.5 Å². The van der Waals surface area contributed by atoms with Gasteiger partial charge in [0.05, 0.1) is 6.54 Å². The second-order valence-corrected chi connectivity index (χ2v) is 7.15. The lowest BCUT2D eigenvalue weighted by Gasteiger charge is -2.34. The summed E-state index contributed by atoms with van der Waals surface area (Å²) in [6.07, 6.45) is 4.03. The van der Waals surface area contributed by atoms with Gasteiger partial charge in [-0.05, 0) is 24.0 Å². The molecule has 1 aromatic heterocycles. The molecule has 3 rings (SSSR count). The molecule has 3 aromatic rings. The number of hydrogen-bond donors (Lipinski definition) is 1. The van der Waals surface area contributed by atoms with Crippen molar-refractivity contribution in [3.05, 3.63) is 89.5 Å². The second kappa shape index (κ2) is 9.21. The molecule has 30 heavy (non-hydrogen) atoms. The Morgan fingerprint density at radius 3 is 2.47 bits per heavy atom. The van der Waals surface area contributed by atoms with E-state index in [1.807, 2.05) is 0 Å². The summed E-state index contributed by atoms with van der Waals surface area (Å²) < 4.78 is 54.6. The molecule has 0 radical (unpaired) electrons. The molecule has 0 aliphatic rings. The number of halogens is 4. The molecule has 0 unspecified atom stereocenters. The topological polar surface area (TPSA) is 50.9 Å². The normalized spacial score (nSPS) is 14.9. The second-order valence-electron chi connectivity index (χ2n) is 7.15. The Labute approximate surface area is 171 Å². The molecule has 0 saturated carbocycles. The number of hydrogen-bond acceptors (Lipinski definition) is 3. The van der Waals surface area contributed by atoms with Gasteiger partial charge in [0.25, 0.3) is 6.43 Å². The zero-order chi connectivity index (χ0) is 21.7. The maximum absolute atomic E-state index is 14.5. The summed E-state index contributed by atoms with van der Waals surface area (Å²) in [6.45, 7) is 1.66. The van der Waals surface area contributed by atoms with Gasteiger partial charge in [0.1, 0.15) is 29.9 Å². The number of rotatable bonds is 8. The summed E-state index contributed by atoms with van der Waals surface area (Å²) in [5.41, 5.74) is -1.06. The van der Waals surface area contributed by atoms with Gasteiger partial charge in [0.15, 0.2) is 0 Å². The van der Waals surface area contributed by atoms with Gasteiger partial charge in [0.2, 0.25) is 0 Å². The van der Waals surface area contributed by atoms with Crippen molar-refractivity contribution in [2.75, 3.05) is 0 Å². The Kier molecular flexibility index (Phi) is 6.66. The highest BCUT2D eigenvalue weighted by atomic mass is 19.3. The molecule has 0 bridgehead atoms. The molecule has 158 valence electrons. The van der Waals surface area contributed by atoms with E-state index in [2.05, 4.69) is 10.1 Å². The molecule has 8 heteroatoms. The molecule has 1 heterocycles. The monoisotopic (exact) mass is 419 g/mol. The van der Waals surface area contributed by atoms with E-state index in [4.69, 9.17) is 0 Å². The molecule has 0 saturated heterocycles. The third-order valence-corrected chi connectivity index (χ3v) is 5.07. The fourth-order valence-electron chi connectivity index (χ4n) is 3.26. The first-order chi connectivity index (χ1) is 14.3. The molecule has 0 fully saturated rings. The van der Waals surface area contributed by atoms with Crippen LogP contribution in [-0.4, -0.2) is 19.9 Å². The zero-order valence-corrected chi connectivity index (χ0v) is 16.2. The Hall–Kier alpha value is -3.00. The summed E-state index contributed by atoms with van der Waals surface area (Å²) in [6, 6.07) is 8.90. The van der Waals surface area contributed by atoms with Gasteiger partial charge in [0, 0.05) is 17.2 Å². The van der Waals surface area contributed by atoms with E-state index in [0.29, 0.717) is 6.42 Å². The van der Waals surface area contributed by atoms with E-state index in [1.165, 1.54) is 35.5 Å². The third kappa shape index (κ3) is 4.94. The number of allylic oxidation sites excluding steroid dienone is 1. The van der Waals surface area contributed by atoms with Gasteiger partial charge >= 0.3 is 0 Å². The van der Waals surface area contributed by atoms with E-state index >= 15 is 0 Å². The van der Waals surface area contributed by atoms with Crippen molar-refractivity contribution in [1.82, 2.24) is 14.8 Å². The standard InChI is InChI=1S/C22H21F4N3O/c1-15(3-2-4-16-5-7-17(8-6-16)21(25)26)22(30,12-29-14-27-13-28-29)19-10-9-18(23)11-20(19)24/h2,4-11,13-15,21,30H,3,12H2,1H3/b4-2+/t15-,22+/m0/s1. The van der Waals surface area contributed by atoms with Crippen LogP contribution in [0.4, 0.5) is 17.6 Å². The summed E-state index contributed by atoms with van der Waals surface area (Å²) in [5, 5.41) is 15.4. The first-order valence-electron chi connectivity index (χ1n) is 9.34. The van der Waals surface area contributed by atoms with Gasteiger partial charge in [-0.1, -0.05) is 49.4 Å². The highest BCUT2D eigenvalue weighted by molar-refractivity contribution is 5.49. The molecule has 0 aliphatic heterocycles. The lowest BCUT2D eigenvalue weighted by molar-refractivity contribution is -0.0379. The van der Waals surface area contributed by atoms with Crippen LogP contribution in [0, 0.1) is 17.6 Å². The highest BCUT2D eigenvalue weighted by Gasteiger charge is 2.38. The van der Waals surface area contributed by atoms with Gasteiger partial charge in [-0.15, -0.1) is 0 Å². The highest BCUT2D eigenvalue weighted by Crippen LogP contribution is 2.35. The molecule has 4 nitrogen and oxygen atoms in total. The fourth-order valence-corrected chi connectivity index (χ4v) is 3.26. The minimum atomic E-state index is -2.53. The van der Waals surface area contributed by atoms with E-state index in [0.717, 1.165) is 17.7 Å². The van der Waals surface area contributed by atoms with Crippen LogP contribution in [0.3, 0.4) is 0 Å². The van der Waals surface area contributed by atoms with Crippen LogP contribution in [0.5, 0.6) is 0 Å². The van der Waals surface area contributed by atoms with Gasteiger partial charge < -0.3 is 5.11 Å². The average molecular weight is 419 g/mol. The minimum Gasteiger partial charge on any atom is -0.383 e. The average Bonchev–Trinajstić information content (AvgIpc) is 3.20. The van der Waals surface area contributed by atoms with E-state index in [-0.39, 0.29) is 17.7 Å². The predicted octanol–water partition coefficient (Wildman–Crippen LogP) is 5.12. The molecule has 0 spiro atoms. The van der Waals surface area contributed by atoms with Crippen molar-refractivity contribution in [3.63, 3.8) is 0 Å². The molecule has 2 atom stereocenters. The summed E-state index contributed by atoms with van der Waals surface area (Å²) in [4.78, 5) is 3.84. The lowest BCUT2D eigenvalue weighted by atomic mass is 9.80. The molecule has 2 aromatic carbocycles. The van der Waals surface area contributed by atoms with Crippen LogP contribution in [0.25, 0.3) is 6.08 Å². The van der Waals surface area contributed by atoms with Crippen LogP contribution < -0.4 is 0 Å². The molecule has 0 amide bonds. The number of nitrogens with zero attached hydrogens (tertiary/aromatic N) is 3. The largest absolute Gasteiger partial charge is 0.383 e. The van der Waals surface area contributed by atoms with Crippen molar-refractivity contribution in [2.45, 2.75) is 31.9 Å². The fraction of sp³-hybridized carbons (Fsp3) is 0.273. The van der Waals surface area contributed by atoms with Gasteiger partial charge in [-0.3, -0.25) is 0 Å². The van der Waals surface area contributed by atoms with E-state index in [9.17, 15) is 22.7 Å². The first-order valence-corrected chi connectivity index (χ1v) is 9.34. The zero-order valence-electron chi connectivity index (χ0n) is 16.2. The molecular weight excluding hydrogens is 398 g/mol. The summed E-state index contributed by atoms with van der Waals surface area (Å²) in [7, 11) is 0. The Balaban J connectivity index is 1.82. The smallest absolute Gasteiger partial charge is 0.263 e. The van der Waals surface area contributed by atoms with Crippen molar-refractivity contribution in [2.24, 2.45) is 5.92 Å². The van der Waals surface area contributed by atoms with Crippen molar-refractivity contribution in [1.29, 1.82) is 0 Å². The van der Waals surface area contributed by atoms with Crippen LogP contribution in [0.15, 0.2) is 61.2 Å². The Bertz CT molecular complexity index is 990. The number of alkyl halides is 2. The quantitative estimate of drug-likeness (QED) is 0.516. The number of aromatic nitrogens is 3. The van der Waals surface area contributed by atoms with Crippen LogP contribution in [0.2, 0.25) is 0 Å². The number of aliphatic hydroxyl groups is 1. The van der Waals surface area contributed by atoms with Crippen molar-refractivity contribution in [3.8, 4) is 0 Å². The third-order valence-electron chi connectivity index (χ3n) is 5.07.